The lowest BCUT2D eigenvalue weighted by molar-refractivity contribution is -0.662. The molecule has 0 radical (unpaired) electrons. The van der Waals surface area contributed by atoms with E-state index in [2.05, 4.69) is 10.6 Å². The number of nitrogens with zero attached hydrogens (tertiary/aromatic N) is 1. The van der Waals surface area contributed by atoms with Crippen molar-refractivity contribution in [3.8, 4) is 0 Å². The van der Waals surface area contributed by atoms with Gasteiger partial charge in [0.05, 0.1) is 51.1 Å². The first-order valence-electron chi connectivity index (χ1n) is 8.61. The first kappa shape index (κ1) is 18.8. The van der Waals surface area contributed by atoms with Crippen LogP contribution in [0.1, 0.15) is 34.6 Å². The Morgan fingerprint density at radius 1 is 1.27 bits per heavy atom. The summed E-state index contributed by atoms with van der Waals surface area (Å²) in [6.07, 6.45) is 0.537. The van der Waals surface area contributed by atoms with E-state index in [4.69, 9.17) is 9.47 Å². The van der Waals surface area contributed by atoms with Gasteiger partial charge in [-0.1, -0.05) is 0 Å². The van der Waals surface area contributed by atoms with Crippen molar-refractivity contribution in [1.29, 1.82) is 0 Å². The van der Waals surface area contributed by atoms with E-state index in [1.54, 1.807) is 0 Å². The second-order valence-corrected chi connectivity index (χ2v) is 8.14. The average Bonchev–Trinajstić information content (AvgIpc) is 2.96. The molecule has 0 saturated carbocycles. The van der Waals surface area contributed by atoms with Gasteiger partial charge in [0.15, 0.2) is 0 Å². The summed E-state index contributed by atoms with van der Waals surface area (Å²) in [4.78, 5) is 39.5. The number of nitrogens with one attached hydrogen (secondary N) is 1. The number of hydrogen-bond donors (Lipinski definition) is 2. The lowest BCUT2D eigenvalue weighted by Gasteiger charge is -2.30. The predicted octanol–water partition coefficient (Wildman–Crippen LogP) is -0.270. The topological polar surface area (TPSA) is 102 Å². The third kappa shape index (κ3) is 3.74. The van der Waals surface area contributed by atoms with Crippen LogP contribution in [0.15, 0.2) is 0 Å². The molecule has 3 N–H and O–H groups in total. The van der Waals surface area contributed by atoms with E-state index in [9.17, 15) is 14.4 Å². The smallest absolute Gasteiger partial charge is 0.341 e. The van der Waals surface area contributed by atoms with E-state index in [0.717, 1.165) is 23.5 Å². The standard InChI is InChI=1S/C17H23N3O5S/c1-17(2)8-10-11(9-25-17)26-14(12(10)16(23)24-3)19-13(21)15(22)20-6-4-18-5-7-20/h18H,4-9H2,1-3H3,(H,19,21)/p+1. The molecule has 9 heteroatoms. The van der Waals surface area contributed by atoms with Gasteiger partial charge in [-0.25, -0.2) is 4.79 Å². The summed E-state index contributed by atoms with van der Waals surface area (Å²) < 4.78 is 10.7. The molecule has 0 bridgehead atoms. The summed E-state index contributed by atoms with van der Waals surface area (Å²) in [7, 11) is 1.30. The Hall–Kier alpha value is -1.97. The van der Waals surface area contributed by atoms with Crippen LogP contribution in [0, 0.1) is 0 Å². The molecule has 0 atom stereocenters. The fraction of sp³-hybridized carbons (Fsp3) is 0.588. The number of esters is 1. The molecule has 1 fully saturated rings. The van der Waals surface area contributed by atoms with Gasteiger partial charge in [-0.3, -0.25) is 9.59 Å². The van der Waals surface area contributed by atoms with E-state index in [1.807, 2.05) is 13.8 Å². The monoisotopic (exact) mass is 382 g/mol. The quantitative estimate of drug-likeness (QED) is 0.542. The van der Waals surface area contributed by atoms with Crippen LogP contribution < -0.4 is 10.6 Å². The number of amides is 2. The van der Waals surface area contributed by atoms with Crippen LogP contribution >= 0.6 is 11.3 Å². The molecule has 1 aromatic rings. The minimum absolute atomic E-state index is 0.331. The first-order chi connectivity index (χ1) is 12.3. The van der Waals surface area contributed by atoms with Gasteiger partial charge < -0.3 is 25.0 Å². The first-order valence-corrected chi connectivity index (χ1v) is 9.43. The number of piperazine rings is 1. The zero-order chi connectivity index (χ0) is 18.9. The van der Waals surface area contributed by atoms with E-state index in [0.29, 0.717) is 36.7 Å². The number of anilines is 1. The van der Waals surface area contributed by atoms with Gasteiger partial charge in [-0.15, -0.1) is 11.3 Å². The molecule has 3 rings (SSSR count). The van der Waals surface area contributed by atoms with Crippen LogP contribution in [-0.2, 0) is 32.1 Å². The summed E-state index contributed by atoms with van der Waals surface area (Å²) in [6.45, 7) is 6.91. The van der Waals surface area contributed by atoms with Crippen molar-refractivity contribution < 1.29 is 29.2 Å². The highest BCUT2D eigenvalue weighted by molar-refractivity contribution is 7.17. The third-order valence-corrected chi connectivity index (χ3v) is 5.71. The summed E-state index contributed by atoms with van der Waals surface area (Å²) in [5.41, 5.74) is 0.753. The Bertz CT molecular complexity index is 737. The number of fused-ring (bicyclic) bond motifs is 1. The molecule has 142 valence electrons. The minimum Gasteiger partial charge on any atom is -0.465 e. The average molecular weight is 382 g/mol. The van der Waals surface area contributed by atoms with Crippen molar-refractivity contribution in [3.05, 3.63) is 16.0 Å². The van der Waals surface area contributed by atoms with Crippen LogP contribution in [0.5, 0.6) is 0 Å². The zero-order valence-corrected chi connectivity index (χ0v) is 16.0. The Kier molecular flexibility index (Phi) is 5.31. The predicted molar refractivity (Wildman–Crippen MR) is 95.1 cm³/mol. The highest BCUT2D eigenvalue weighted by Gasteiger charge is 2.35. The molecule has 1 aromatic heterocycles. The molecule has 0 aromatic carbocycles. The number of rotatable bonds is 2. The van der Waals surface area contributed by atoms with E-state index >= 15 is 0 Å². The summed E-state index contributed by atoms with van der Waals surface area (Å²) in [5.74, 6) is -1.82. The maximum absolute atomic E-state index is 12.4. The zero-order valence-electron chi connectivity index (χ0n) is 15.2. The number of carbonyl (C=O) groups is 3. The maximum Gasteiger partial charge on any atom is 0.341 e. The van der Waals surface area contributed by atoms with Crippen LogP contribution in [0.25, 0.3) is 0 Å². The number of thiophene rings is 1. The minimum atomic E-state index is -0.726. The molecule has 2 aliphatic rings. The Morgan fingerprint density at radius 3 is 2.62 bits per heavy atom. The maximum atomic E-state index is 12.4. The fourth-order valence-electron chi connectivity index (χ4n) is 3.21. The SMILES string of the molecule is COC(=O)c1c(NC(=O)C(=O)N2CC[NH2+]CC2)sc2c1CC(C)(C)OC2. The van der Waals surface area contributed by atoms with E-state index < -0.39 is 23.4 Å². The van der Waals surface area contributed by atoms with Crippen molar-refractivity contribution in [1.82, 2.24) is 4.90 Å². The van der Waals surface area contributed by atoms with Gasteiger partial charge in [0.1, 0.15) is 5.00 Å². The number of quaternary nitrogens is 1. The molecule has 0 aliphatic carbocycles. The van der Waals surface area contributed by atoms with Crippen molar-refractivity contribution in [3.63, 3.8) is 0 Å². The van der Waals surface area contributed by atoms with Gasteiger partial charge in [-0.2, -0.15) is 0 Å². The summed E-state index contributed by atoms with van der Waals surface area (Å²) in [5, 5.41) is 5.08. The third-order valence-electron chi connectivity index (χ3n) is 4.59. The van der Waals surface area contributed by atoms with Gasteiger partial charge in [0.25, 0.3) is 0 Å². The second kappa shape index (κ2) is 7.34. The molecule has 26 heavy (non-hydrogen) atoms. The number of methoxy groups -OCH3 is 1. The van der Waals surface area contributed by atoms with Crippen LogP contribution in [0.2, 0.25) is 0 Å². The van der Waals surface area contributed by atoms with Crippen LogP contribution in [-0.4, -0.2) is 61.6 Å². The number of hydrogen-bond acceptors (Lipinski definition) is 6. The summed E-state index contributed by atoms with van der Waals surface area (Å²) in [6, 6.07) is 0. The van der Waals surface area contributed by atoms with Gasteiger partial charge in [0, 0.05) is 11.3 Å². The number of carbonyl (C=O) groups excluding carboxylic acids is 3. The van der Waals surface area contributed by atoms with Crippen molar-refractivity contribution in [2.24, 2.45) is 0 Å². The molecular formula is C17H24N3O5S+. The second-order valence-electron chi connectivity index (χ2n) is 7.04. The Labute approximate surface area is 155 Å². The van der Waals surface area contributed by atoms with Crippen molar-refractivity contribution in [2.75, 3.05) is 38.6 Å². The number of nitrogens with two attached hydrogens (primary N) is 1. The molecule has 8 nitrogen and oxygen atoms in total. The van der Waals surface area contributed by atoms with Gasteiger partial charge in [-0.05, 0) is 19.4 Å². The molecule has 2 amide bonds. The molecule has 0 spiro atoms. The summed E-state index contributed by atoms with van der Waals surface area (Å²) >= 11 is 1.26. The fourth-order valence-corrected chi connectivity index (χ4v) is 4.33. The highest BCUT2D eigenvalue weighted by atomic mass is 32.1. The van der Waals surface area contributed by atoms with Gasteiger partial charge >= 0.3 is 17.8 Å². The Morgan fingerprint density at radius 2 is 1.96 bits per heavy atom. The van der Waals surface area contributed by atoms with Crippen molar-refractivity contribution >= 4 is 34.1 Å². The lowest BCUT2D eigenvalue weighted by Crippen LogP contribution is -2.90. The van der Waals surface area contributed by atoms with E-state index in [1.165, 1.54) is 23.3 Å². The molecule has 0 unspecified atom stereocenters. The van der Waals surface area contributed by atoms with Crippen LogP contribution in [0.4, 0.5) is 5.00 Å². The molecule has 3 heterocycles. The Balaban J connectivity index is 1.85. The highest BCUT2D eigenvalue weighted by Crippen LogP contribution is 2.40. The normalized spacial score (nSPS) is 18.8. The van der Waals surface area contributed by atoms with Crippen LogP contribution in [0.3, 0.4) is 0 Å². The molecular weight excluding hydrogens is 358 g/mol. The number of ether oxygens (including phenoxy) is 2. The molecule has 2 aliphatic heterocycles. The van der Waals surface area contributed by atoms with E-state index in [-0.39, 0.29) is 0 Å². The largest absolute Gasteiger partial charge is 0.465 e. The van der Waals surface area contributed by atoms with Crippen molar-refractivity contribution in [2.45, 2.75) is 32.5 Å². The lowest BCUT2D eigenvalue weighted by atomic mass is 9.93. The molecule has 1 saturated heterocycles. The van der Waals surface area contributed by atoms with Gasteiger partial charge in [0.2, 0.25) is 0 Å².